The molecule has 0 saturated carbocycles. The molecule has 0 saturated heterocycles. The molecule has 0 aliphatic heterocycles. The maximum atomic E-state index is 11.0. The minimum Gasteiger partial charge on any atom is -0.490 e. The van der Waals surface area contributed by atoms with Gasteiger partial charge in [0.05, 0.1) is 0 Å². The Hall–Kier alpha value is -1.16. The molecule has 0 spiro atoms. The van der Waals surface area contributed by atoms with Crippen molar-refractivity contribution in [1.29, 1.82) is 0 Å². The lowest BCUT2D eigenvalue weighted by Crippen LogP contribution is -2.26. The normalized spacial score (nSPS) is 11.9. The van der Waals surface area contributed by atoms with Gasteiger partial charge < -0.3 is 9.47 Å². The topological polar surface area (TPSA) is 35.5 Å². The second kappa shape index (κ2) is 8.03. The standard InChI is InChI=1S/C14H20O3S/c1-4-18-10-14(17-12(3)15)9-16-13-7-5-11(2)6-8-13/h5-8,14H,4,9-10H2,1-3H3/t14-/m0/s1. The summed E-state index contributed by atoms with van der Waals surface area (Å²) in [5, 5.41) is 0. The van der Waals surface area contributed by atoms with E-state index in [1.807, 2.05) is 31.2 Å². The minimum atomic E-state index is -0.260. The second-order valence-corrected chi connectivity index (χ2v) is 5.33. The van der Waals surface area contributed by atoms with Gasteiger partial charge in [0.2, 0.25) is 0 Å². The van der Waals surface area contributed by atoms with Crippen molar-refractivity contribution < 1.29 is 14.3 Å². The van der Waals surface area contributed by atoms with Gasteiger partial charge in [0.1, 0.15) is 18.5 Å². The number of carbonyl (C=O) groups excluding carboxylic acids is 1. The lowest BCUT2D eigenvalue weighted by Gasteiger charge is -2.17. The van der Waals surface area contributed by atoms with Gasteiger partial charge in [0.15, 0.2) is 0 Å². The highest BCUT2D eigenvalue weighted by atomic mass is 32.2. The summed E-state index contributed by atoms with van der Waals surface area (Å²) in [5.74, 6) is 2.31. The van der Waals surface area contributed by atoms with E-state index in [9.17, 15) is 4.79 Å². The Balaban J connectivity index is 2.44. The van der Waals surface area contributed by atoms with E-state index < -0.39 is 0 Å². The van der Waals surface area contributed by atoms with Gasteiger partial charge in [-0.05, 0) is 24.8 Å². The molecule has 1 aromatic carbocycles. The van der Waals surface area contributed by atoms with Crippen LogP contribution in [0.15, 0.2) is 24.3 Å². The quantitative estimate of drug-likeness (QED) is 0.712. The summed E-state index contributed by atoms with van der Waals surface area (Å²) in [6.07, 6.45) is -0.186. The molecule has 0 N–H and O–H groups in total. The van der Waals surface area contributed by atoms with Gasteiger partial charge in [-0.1, -0.05) is 24.6 Å². The first-order valence-electron chi connectivity index (χ1n) is 6.06. The Labute approximate surface area is 113 Å². The van der Waals surface area contributed by atoms with E-state index in [2.05, 4.69) is 6.92 Å². The molecular formula is C14H20O3S. The number of rotatable bonds is 7. The summed E-state index contributed by atoms with van der Waals surface area (Å²) in [6.45, 7) is 5.94. The van der Waals surface area contributed by atoms with Gasteiger partial charge >= 0.3 is 5.97 Å². The van der Waals surface area contributed by atoms with E-state index in [1.54, 1.807) is 11.8 Å². The van der Waals surface area contributed by atoms with Crippen LogP contribution < -0.4 is 4.74 Å². The summed E-state index contributed by atoms with van der Waals surface area (Å²) in [6, 6.07) is 7.84. The Morgan fingerprint density at radius 3 is 2.56 bits per heavy atom. The van der Waals surface area contributed by atoms with Gasteiger partial charge in [-0.2, -0.15) is 11.8 Å². The molecule has 3 nitrogen and oxygen atoms in total. The molecule has 4 heteroatoms. The van der Waals surface area contributed by atoms with E-state index in [1.165, 1.54) is 12.5 Å². The predicted molar refractivity (Wildman–Crippen MR) is 75.2 cm³/mol. The molecule has 1 aromatic rings. The van der Waals surface area contributed by atoms with E-state index in [4.69, 9.17) is 9.47 Å². The molecule has 0 aliphatic carbocycles. The molecule has 0 amide bonds. The van der Waals surface area contributed by atoms with E-state index >= 15 is 0 Å². The molecule has 0 unspecified atom stereocenters. The number of aryl methyl sites for hydroxylation is 1. The Morgan fingerprint density at radius 1 is 1.33 bits per heavy atom. The number of hydrogen-bond acceptors (Lipinski definition) is 4. The zero-order chi connectivity index (χ0) is 13.4. The smallest absolute Gasteiger partial charge is 0.303 e. The lowest BCUT2D eigenvalue weighted by atomic mass is 10.2. The molecule has 0 fully saturated rings. The summed E-state index contributed by atoms with van der Waals surface area (Å²) in [4.78, 5) is 11.0. The van der Waals surface area contributed by atoms with Gasteiger partial charge in [-0.25, -0.2) is 0 Å². The summed E-state index contributed by atoms with van der Waals surface area (Å²) < 4.78 is 10.8. The van der Waals surface area contributed by atoms with Gasteiger partial charge in [-0.3, -0.25) is 4.79 Å². The van der Waals surface area contributed by atoms with Crippen molar-refractivity contribution in [3.05, 3.63) is 29.8 Å². The third kappa shape index (κ3) is 5.96. The van der Waals surface area contributed by atoms with Crippen LogP contribution in [0.4, 0.5) is 0 Å². The van der Waals surface area contributed by atoms with Crippen molar-refractivity contribution in [2.75, 3.05) is 18.1 Å². The van der Waals surface area contributed by atoms with Crippen LogP contribution in [0.2, 0.25) is 0 Å². The molecule has 1 rings (SSSR count). The average Bonchev–Trinajstić information content (AvgIpc) is 2.34. The highest BCUT2D eigenvalue weighted by Crippen LogP contribution is 2.13. The first-order chi connectivity index (χ1) is 8.61. The van der Waals surface area contributed by atoms with E-state index in [0.29, 0.717) is 6.61 Å². The maximum Gasteiger partial charge on any atom is 0.303 e. The highest BCUT2D eigenvalue weighted by molar-refractivity contribution is 7.99. The number of hydrogen-bond donors (Lipinski definition) is 0. The molecule has 0 bridgehead atoms. The first kappa shape index (κ1) is 14.9. The minimum absolute atomic E-state index is 0.186. The van der Waals surface area contributed by atoms with Crippen molar-refractivity contribution in [3.63, 3.8) is 0 Å². The number of esters is 1. The van der Waals surface area contributed by atoms with Crippen molar-refractivity contribution >= 4 is 17.7 Å². The number of thioether (sulfide) groups is 1. The number of carbonyl (C=O) groups is 1. The molecule has 0 aliphatic rings. The molecule has 18 heavy (non-hydrogen) atoms. The molecule has 0 heterocycles. The summed E-state index contributed by atoms with van der Waals surface area (Å²) >= 11 is 1.74. The van der Waals surface area contributed by atoms with Gasteiger partial charge in [0, 0.05) is 12.7 Å². The summed E-state index contributed by atoms with van der Waals surface area (Å²) in [7, 11) is 0. The second-order valence-electron chi connectivity index (χ2n) is 4.01. The Morgan fingerprint density at radius 2 is 2.00 bits per heavy atom. The maximum absolute atomic E-state index is 11.0. The van der Waals surface area contributed by atoms with Crippen LogP contribution in [0.3, 0.4) is 0 Å². The lowest BCUT2D eigenvalue weighted by molar-refractivity contribution is -0.146. The van der Waals surface area contributed by atoms with E-state index in [0.717, 1.165) is 17.3 Å². The fraction of sp³-hybridized carbons (Fsp3) is 0.500. The molecule has 1 atom stereocenters. The third-order valence-electron chi connectivity index (χ3n) is 2.30. The number of benzene rings is 1. The SMILES string of the molecule is CCSC[C@H](COc1ccc(C)cc1)OC(C)=O. The fourth-order valence-electron chi connectivity index (χ4n) is 1.42. The van der Waals surface area contributed by atoms with Crippen LogP contribution in [0.1, 0.15) is 19.4 Å². The van der Waals surface area contributed by atoms with Gasteiger partial charge in [0.25, 0.3) is 0 Å². The van der Waals surface area contributed by atoms with Crippen LogP contribution in [-0.2, 0) is 9.53 Å². The van der Waals surface area contributed by atoms with Gasteiger partial charge in [-0.15, -0.1) is 0 Å². The van der Waals surface area contributed by atoms with Crippen molar-refractivity contribution in [1.82, 2.24) is 0 Å². The molecule has 0 aromatic heterocycles. The summed E-state index contributed by atoms with van der Waals surface area (Å²) in [5.41, 5.74) is 1.19. The molecule has 0 radical (unpaired) electrons. The van der Waals surface area contributed by atoms with Crippen molar-refractivity contribution in [2.24, 2.45) is 0 Å². The van der Waals surface area contributed by atoms with Crippen molar-refractivity contribution in [3.8, 4) is 5.75 Å². The monoisotopic (exact) mass is 268 g/mol. The van der Waals surface area contributed by atoms with Crippen molar-refractivity contribution in [2.45, 2.75) is 26.9 Å². The fourth-order valence-corrected chi connectivity index (χ4v) is 2.09. The van der Waals surface area contributed by atoms with Crippen LogP contribution in [0, 0.1) is 6.92 Å². The number of ether oxygens (including phenoxy) is 2. The highest BCUT2D eigenvalue weighted by Gasteiger charge is 2.12. The van der Waals surface area contributed by atoms with Crippen LogP contribution in [-0.4, -0.2) is 30.2 Å². The zero-order valence-corrected chi connectivity index (χ0v) is 12.0. The predicted octanol–water partition coefficient (Wildman–Crippen LogP) is 3.06. The first-order valence-corrected chi connectivity index (χ1v) is 7.21. The van der Waals surface area contributed by atoms with E-state index in [-0.39, 0.29) is 12.1 Å². The average molecular weight is 268 g/mol. The molecular weight excluding hydrogens is 248 g/mol. The Kier molecular flexibility index (Phi) is 6.65. The third-order valence-corrected chi connectivity index (χ3v) is 3.31. The van der Waals surface area contributed by atoms with Crippen LogP contribution >= 0.6 is 11.8 Å². The van der Waals surface area contributed by atoms with Crippen LogP contribution in [0.25, 0.3) is 0 Å². The molecule has 100 valence electrons. The largest absolute Gasteiger partial charge is 0.490 e. The zero-order valence-electron chi connectivity index (χ0n) is 11.1. The Bertz CT molecular complexity index is 362. The van der Waals surface area contributed by atoms with Crippen LogP contribution in [0.5, 0.6) is 5.75 Å².